The first-order chi connectivity index (χ1) is 12.0. The molecule has 1 N–H and O–H groups in total. The Labute approximate surface area is 150 Å². The second-order valence-electron chi connectivity index (χ2n) is 5.07. The Hall–Kier alpha value is -2.92. The van der Waals surface area contributed by atoms with E-state index in [2.05, 4.69) is 5.32 Å². The smallest absolute Gasteiger partial charge is 0.331 e. The summed E-state index contributed by atoms with van der Waals surface area (Å²) < 4.78 is 4.81. The van der Waals surface area contributed by atoms with Gasteiger partial charge in [-0.3, -0.25) is 9.59 Å². The van der Waals surface area contributed by atoms with Gasteiger partial charge in [0.15, 0.2) is 12.4 Å². The number of nitrogens with one attached hydrogen (secondary N) is 1. The predicted molar refractivity (Wildman–Crippen MR) is 94.2 cm³/mol. The highest BCUT2D eigenvalue weighted by Gasteiger charge is 2.08. The highest BCUT2D eigenvalue weighted by atomic mass is 35.5. The van der Waals surface area contributed by atoms with Gasteiger partial charge in [-0.2, -0.15) is 0 Å². The van der Waals surface area contributed by atoms with E-state index in [1.54, 1.807) is 24.3 Å². The molecule has 0 aromatic heterocycles. The monoisotopic (exact) mass is 357 g/mol. The van der Waals surface area contributed by atoms with Crippen LogP contribution in [0.1, 0.15) is 15.9 Å². The summed E-state index contributed by atoms with van der Waals surface area (Å²) in [6.07, 6.45) is 2.05. The van der Waals surface area contributed by atoms with E-state index in [9.17, 15) is 14.4 Å². The number of rotatable bonds is 7. The van der Waals surface area contributed by atoms with Gasteiger partial charge in [-0.05, 0) is 29.8 Å². The first kappa shape index (κ1) is 18.4. The van der Waals surface area contributed by atoms with E-state index in [-0.39, 0.29) is 5.78 Å². The molecule has 0 atom stereocenters. The normalized spacial score (nSPS) is 10.4. The lowest BCUT2D eigenvalue weighted by Crippen LogP contribution is -2.20. The van der Waals surface area contributed by atoms with Crippen molar-refractivity contribution >= 4 is 29.3 Å². The second-order valence-corrected chi connectivity index (χ2v) is 5.51. The highest BCUT2D eigenvalue weighted by molar-refractivity contribution is 6.30. The molecule has 6 heteroatoms. The largest absolute Gasteiger partial charge is 0.454 e. The van der Waals surface area contributed by atoms with Crippen LogP contribution in [0, 0.1) is 0 Å². The number of hydrogen-bond acceptors (Lipinski definition) is 4. The lowest BCUT2D eigenvalue weighted by molar-refractivity contribution is -0.136. The van der Waals surface area contributed by atoms with Crippen LogP contribution in [0.15, 0.2) is 66.7 Å². The van der Waals surface area contributed by atoms with Crippen molar-refractivity contribution < 1.29 is 19.1 Å². The van der Waals surface area contributed by atoms with Crippen molar-refractivity contribution in [3.63, 3.8) is 0 Å². The van der Waals surface area contributed by atoms with Gasteiger partial charge in [-0.15, -0.1) is 0 Å². The topological polar surface area (TPSA) is 72.5 Å². The molecular formula is C19H16ClNO4. The molecule has 0 aliphatic heterocycles. The number of amides is 1. The minimum atomic E-state index is -0.767. The SMILES string of the molecule is O=C(/C=C/C(=O)OCC(=O)c1ccc(Cl)cc1)NCc1ccccc1. The molecule has 0 saturated heterocycles. The van der Waals surface area contributed by atoms with Crippen LogP contribution in [0.2, 0.25) is 5.02 Å². The summed E-state index contributed by atoms with van der Waals surface area (Å²) in [6, 6.07) is 15.6. The van der Waals surface area contributed by atoms with Gasteiger partial charge in [0.05, 0.1) is 0 Å². The zero-order chi connectivity index (χ0) is 18.1. The summed E-state index contributed by atoms with van der Waals surface area (Å²) in [6.45, 7) is -0.0510. The molecule has 0 radical (unpaired) electrons. The summed E-state index contributed by atoms with van der Waals surface area (Å²) in [4.78, 5) is 35.0. The Morgan fingerprint density at radius 2 is 1.64 bits per heavy atom. The fraction of sp³-hybridized carbons (Fsp3) is 0.105. The Bertz CT molecular complexity index is 770. The number of ketones is 1. The summed E-state index contributed by atoms with van der Waals surface area (Å²) >= 11 is 5.74. The molecule has 128 valence electrons. The summed E-state index contributed by atoms with van der Waals surface area (Å²) in [5, 5.41) is 3.15. The molecule has 2 aromatic carbocycles. The molecule has 0 aliphatic rings. The van der Waals surface area contributed by atoms with Crippen molar-refractivity contribution in [2.24, 2.45) is 0 Å². The van der Waals surface area contributed by atoms with Crippen LogP contribution < -0.4 is 5.32 Å². The van der Waals surface area contributed by atoms with Crippen LogP contribution in [0.4, 0.5) is 0 Å². The number of hydrogen-bond donors (Lipinski definition) is 1. The molecular weight excluding hydrogens is 342 g/mol. The van der Waals surface area contributed by atoms with Gasteiger partial charge in [0, 0.05) is 29.3 Å². The first-order valence-electron chi connectivity index (χ1n) is 7.50. The molecule has 0 aliphatic carbocycles. The number of benzene rings is 2. The molecule has 5 nitrogen and oxygen atoms in total. The maximum Gasteiger partial charge on any atom is 0.331 e. The molecule has 0 fully saturated rings. The summed E-state index contributed by atoms with van der Waals surface area (Å²) in [5.41, 5.74) is 1.34. The van der Waals surface area contributed by atoms with Crippen molar-refractivity contribution in [1.82, 2.24) is 5.32 Å². The van der Waals surface area contributed by atoms with E-state index in [1.807, 2.05) is 30.3 Å². The average molecular weight is 358 g/mol. The number of ether oxygens (including phenoxy) is 1. The molecule has 0 spiro atoms. The number of carbonyl (C=O) groups is 3. The van der Waals surface area contributed by atoms with Gasteiger partial charge in [0.1, 0.15) is 0 Å². The van der Waals surface area contributed by atoms with Crippen LogP contribution in [0.25, 0.3) is 0 Å². The fourth-order valence-electron chi connectivity index (χ4n) is 1.89. The maximum absolute atomic E-state index is 11.8. The molecule has 0 bridgehead atoms. The third-order valence-corrected chi connectivity index (χ3v) is 3.44. The van der Waals surface area contributed by atoms with Crippen LogP contribution in [-0.2, 0) is 20.9 Å². The molecule has 2 rings (SSSR count). The Balaban J connectivity index is 1.73. The first-order valence-corrected chi connectivity index (χ1v) is 7.88. The lowest BCUT2D eigenvalue weighted by atomic mass is 10.1. The van der Waals surface area contributed by atoms with Crippen LogP contribution >= 0.6 is 11.6 Å². The molecule has 0 saturated carbocycles. The zero-order valence-electron chi connectivity index (χ0n) is 13.3. The van der Waals surface area contributed by atoms with Gasteiger partial charge in [-0.1, -0.05) is 41.9 Å². The number of esters is 1. The fourth-order valence-corrected chi connectivity index (χ4v) is 2.02. The van der Waals surface area contributed by atoms with E-state index >= 15 is 0 Å². The van der Waals surface area contributed by atoms with Gasteiger partial charge in [-0.25, -0.2) is 4.79 Å². The highest BCUT2D eigenvalue weighted by Crippen LogP contribution is 2.10. The van der Waals surface area contributed by atoms with Gasteiger partial charge in [0.25, 0.3) is 0 Å². The zero-order valence-corrected chi connectivity index (χ0v) is 14.0. The minimum Gasteiger partial charge on any atom is -0.454 e. The van der Waals surface area contributed by atoms with Crippen molar-refractivity contribution in [2.75, 3.05) is 6.61 Å². The second kappa shape index (κ2) is 9.39. The van der Waals surface area contributed by atoms with E-state index in [4.69, 9.17) is 16.3 Å². The molecule has 0 heterocycles. The maximum atomic E-state index is 11.8. The Morgan fingerprint density at radius 3 is 2.32 bits per heavy atom. The van der Waals surface area contributed by atoms with E-state index in [0.29, 0.717) is 17.1 Å². The van der Waals surface area contributed by atoms with Gasteiger partial charge < -0.3 is 10.1 Å². The number of halogens is 1. The van der Waals surface area contributed by atoms with E-state index < -0.39 is 18.5 Å². The number of Topliss-reactive ketones (excluding diaryl/α,β-unsaturated/α-hetero) is 1. The van der Waals surface area contributed by atoms with E-state index in [1.165, 1.54) is 0 Å². The summed E-state index contributed by atoms with van der Waals surface area (Å²) in [5.74, 6) is -1.55. The minimum absolute atomic E-state index is 0.355. The molecule has 1 amide bonds. The van der Waals surface area contributed by atoms with Crippen molar-refractivity contribution in [1.29, 1.82) is 0 Å². The van der Waals surface area contributed by atoms with Crippen molar-refractivity contribution in [3.8, 4) is 0 Å². The quantitative estimate of drug-likeness (QED) is 0.470. The average Bonchev–Trinajstić information content (AvgIpc) is 2.64. The van der Waals surface area contributed by atoms with Crippen LogP contribution in [-0.4, -0.2) is 24.3 Å². The number of carbonyl (C=O) groups excluding carboxylic acids is 3. The van der Waals surface area contributed by atoms with Crippen LogP contribution in [0.5, 0.6) is 0 Å². The Morgan fingerprint density at radius 1 is 0.960 bits per heavy atom. The lowest BCUT2D eigenvalue weighted by Gasteiger charge is -2.03. The molecule has 25 heavy (non-hydrogen) atoms. The standard InChI is InChI=1S/C19H16ClNO4/c20-16-8-6-15(7-9-16)17(22)13-25-19(24)11-10-18(23)21-12-14-4-2-1-3-5-14/h1-11H,12-13H2,(H,21,23)/b11-10+. The van der Waals surface area contributed by atoms with Crippen LogP contribution in [0.3, 0.4) is 0 Å². The van der Waals surface area contributed by atoms with Crippen molar-refractivity contribution in [2.45, 2.75) is 6.54 Å². The summed E-state index contributed by atoms with van der Waals surface area (Å²) in [7, 11) is 0. The third-order valence-electron chi connectivity index (χ3n) is 3.19. The molecule has 2 aromatic rings. The van der Waals surface area contributed by atoms with Gasteiger partial charge in [0.2, 0.25) is 5.91 Å². The predicted octanol–water partition coefficient (Wildman–Crippen LogP) is 2.94. The van der Waals surface area contributed by atoms with E-state index in [0.717, 1.165) is 17.7 Å². The Kier molecular flexibility index (Phi) is 6.92. The van der Waals surface area contributed by atoms with Crippen molar-refractivity contribution in [3.05, 3.63) is 82.9 Å². The third kappa shape index (κ3) is 6.61. The van der Waals surface area contributed by atoms with Gasteiger partial charge >= 0.3 is 5.97 Å². The molecule has 0 unspecified atom stereocenters.